The molecule has 0 bridgehead atoms. The van der Waals surface area contributed by atoms with Gasteiger partial charge in [-0.15, -0.1) is 0 Å². The fraction of sp³-hybridized carbons (Fsp3) is 0.217. The van der Waals surface area contributed by atoms with Gasteiger partial charge in [-0.1, -0.05) is 57.2 Å². The van der Waals surface area contributed by atoms with Gasteiger partial charge in [0.25, 0.3) is 6.71 Å². The molecule has 3 aromatic carbocycles. The lowest BCUT2D eigenvalue weighted by Crippen LogP contribution is -2.57. The molecule has 0 radical (unpaired) electrons. The zero-order chi connectivity index (χ0) is 18.1. The molecule has 0 fully saturated rings. The summed E-state index contributed by atoms with van der Waals surface area (Å²) in [5.74, 6) is 3.77. The Labute approximate surface area is 154 Å². The lowest BCUT2D eigenvalue weighted by Gasteiger charge is -2.35. The molecule has 3 aromatic rings. The molecule has 0 amide bonds. The highest BCUT2D eigenvalue weighted by Gasteiger charge is 2.41. The minimum absolute atomic E-state index is 0.0245. The molecule has 0 saturated heterocycles. The van der Waals surface area contributed by atoms with E-state index in [4.69, 9.17) is 9.47 Å². The summed E-state index contributed by atoms with van der Waals surface area (Å²) in [5.41, 5.74) is 5.99. The van der Waals surface area contributed by atoms with E-state index in [-0.39, 0.29) is 12.1 Å². The Bertz CT molecular complexity index is 1050. The molecule has 0 N–H and O–H groups in total. The third-order valence-corrected chi connectivity index (χ3v) is 5.47. The third-order valence-electron chi connectivity index (χ3n) is 5.47. The van der Waals surface area contributed by atoms with E-state index in [2.05, 4.69) is 76.2 Å². The minimum atomic E-state index is 0.0245. The molecule has 0 saturated carbocycles. The van der Waals surface area contributed by atoms with E-state index < -0.39 is 0 Å². The van der Waals surface area contributed by atoms with Crippen molar-refractivity contribution in [2.45, 2.75) is 33.1 Å². The van der Waals surface area contributed by atoms with Crippen molar-refractivity contribution in [2.24, 2.45) is 0 Å². The summed E-state index contributed by atoms with van der Waals surface area (Å²) >= 11 is 0. The molecule has 0 unspecified atom stereocenters. The highest BCUT2D eigenvalue weighted by molar-refractivity contribution is 6.98. The van der Waals surface area contributed by atoms with Crippen LogP contribution in [-0.4, -0.2) is 6.71 Å². The van der Waals surface area contributed by atoms with Crippen LogP contribution in [0.5, 0.6) is 23.0 Å². The van der Waals surface area contributed by atoms with E-state index in [1.807, 2.05) is 6.07 Å². The van der Waals surface area contributed by atoms with Gasteiger partial charge in [0.1, 0.15) is 23.0 Å². The molecule has 128 valence electrons. The summed E-state index contributed by atoms with van der Waals surface area (Å²) in [6.07, 6.45) is 0. The number of benzene rings is 3. The normalized spacial score (nSPS) is 13.9. The van der Waals surface area contributed by atoms with Gasteiger partial charge in [-0.05, 0) is 52.6 Å². The molecule has 2 aliphatic heterocycles. The molecule has 0 atom stereocenters. The van der Waals surface area contributed by atoms with Crippen molar-refractivity contribution in [3.8, 4) is 23.0 Å². The average molecular weight is 340 g/mol. The van der Waals surface area contributed by atoms with Gasteiger partial charge < -0.3 is 9.47 Å². The molecule has 3 heteroatoms. The standard InChI is InChI=1S/C23H21BO2/c1-14-8-7-10-17-22(14)26-20-13-15(23(2,3)4)12-19-21(20)24(17)16-9-5-6-11-18(16)25-19/h5-13H,1-4H3. The van der Waals surface area contributed by atoms with Crippen molar-refractivity contribution in [1.29, 1.82) is 0 Å². The van der Waals surface area contributed by atoms with Crippen LogP contribution in [0.25, 0.3) is 0 Å². The Balaban J connectivity index is 1.84. The summed E-state index contributed by atoms with van der Waals surface area (Å²) in [6, 6.07) is 19.1. The summed E-state index contributed by atoms with van der Waals surface area (Å²) < 4.78 is 12.8. The van der Waals surface area contributed by atoms with Crippen molar-refractivity contribution in [1.82, 2.24) is 0 Å². The van der Waals surface area contributed by atoms with Crippen LogP contribution in [0.4, 0.5) is 0 Å². The Morgan fingerprint density at radius 2 is 1.46 bits per heavy atom. The van der Waals surface area contributed by atoms with Crippen LogP contribution in [0.2, 0.25) is 0 Å². The average Bonchev–Trinajstić information content (AvgIpc) is 2.61. The van der Waals surface area contributed by atoms with Gasteiger partial charge in [-0.25, -0.2) is 0 Å². The smallest absolute Gasteiger partial charge is 0.260 e. The van der Waals surface area contributed by atoms with Gasteiger partial charge in [0, 0.05) is 5.46 Å². The Morgan fingerprint density at radius 3 is 2.23 bits per heavy atom. The molecule has 0 spiro atoms. The van der Waals surface area contributed by atoms with E-state index in [0.29, 0.717) is 0 Å². The van der Waals surface area contributed by atoms with Crippen LogP contribution in [0.3, 0.4) is 0 Å². The second-order valence-corrected chi connectivity index (χ2v) is 8.30. The van der Waals surface area contributed by atoms with E-state index in [1.54, 1.807) is 0 Å². The van der Waals surface area contributed by atoms with Gasteiger partial charge in [-0.3, -0.25) is 0 Å². The van der Waals surface area contributed by atoms with E-state index in [0.717, 1.165) is 28.5 Å². The number of aryl methyl sites for hydroxylation is 1. The summed E-state index contributed by atoms with van der Waals surface area (Å²) in [6.45, 7) is 8.93. The number of hydrogen-bond donors (Lipinski definition) is 0. The molecular formula is C23H21BO2. The Kier molecular flexibility index (Phi) is 3.09. The van der Waals surface area contributed by atoms with Gasteiger partial charge >= 0.3 is 0 Å². The zero-order valence-electron chi connectivity index (χ0n) is 15.6. The van der Waals surface area contributed by atoms with Crippen molar-refractivity contribution < 1.29 is 9.47 Å². The highest BCUT2D eigenvalue weighted by atomic mass is 16.5. The maximum Gasteiger partial charge on any atom is 0.260 e. The Morgan fingerprint density at radius 1 is 0.769 bits per heavy atom. The molecule has 2 heterocycles. The van der Waals surface area contributed by atoms with E-state index >= 15 is 0 Å². The summed E-state index contributed by atoms with van der Waals surface area (Å²) in [5, 5.41) is 0. The predicted octanol–water partition coefficient (Wildman–Crippen LogP) is 4.02. The Hall–Kier alpha value is -2.68. The first kappa shape index (κ1) is 15.6. The van der Waals surface area contributed by atoms with Crippen LogP contribution in [0.1, 0.15) is 31.9 Å². The first-order valence-electron chi connectivity index (χ1n) is 9.16. The van der Waals surface area contributed by atoms with Gasteiger partial charge in [-0.2, -0.15) is 0 Å². The van der Waals surface area contributed by atoms with Crippen molar-refractivity contribution in [3.05, 3.63) is 65.7 Å². The molecular weight excluding hydrogens is 319 g/mol. The maximum absolute atomic E-state index is 6.43. The minimum Gasteiger partial charge on any atom is -0.458 e. The second-order valence-electron chi connectivity index (χ2n) is 8.30. The maximum atomic E-state index is 6.43. The fourth-order valence-corrected chi connectivity index (χ4v) is 4.05. The number of fused-ring (bicyclic) bond motifs is 4. The van der Waals surface area contributed by atoms with E-state index in [1.165, 1.54) is 22.1 Å². The molecule has 5 rings (SSSR count). The lowest BCUT2D eigenvalue weighted by molar-refractivity contribution is 0.456. The van der Waals surface area contributed by atoms with Crippen LogP contribution < -0.4 is 25.9 Å². The zero-order valence-corrected chi connectivity index (χ0v) is 15.6. The van der Waals surface area contributed by atoms with Gasteiger partial charge in [0.15, 0.2) is 0 Å². The highest BCUT2D eigenvalue weighted by Crippen LogP contribution is 2.38. The number of hydrogen-bond acceptors (Lipinski definition) is 2. The van der Waals surface area contributed by atoms with Gasteiger partial charge in [0.2, 0.25) is 0 Å². The monoisotopic (exact) mass is 340 g/mol. The van der Waals surface area contributed by atoms with Crippen molar-refractivity contribution in [2.75, 3.05) is 0 Å². The van der Waals surface area contributed by atoms with Crippen LogP contribution >= 0.6 is 0 Å². The van der Waals surface area contributed by atoms with Crippen molar-refractivity contribution >= 4 is 23.1 Å². The van der Waals surface area contributed by atoms with Crippen molar-refractivity contribution in [3.63, 3.8) is 0 Å². The molecule has 0 aromatic heterocycles. The van der Waals surface area contributed by atoms with E-state index in [9.17, 15) is 0 Å². The third kappa shape index (κ3) is 2.13. The van der Waals surface area contributed by atoms with Crippen LogP contribution in [0.15, 0.2) is 54.6 Å². The first-order chi connectivity index (χ1) is 12.4. The molecule has 26 heavy (non-hydrogen) atoms. The predicted molar refractivity (Wildman–Crippen MR) is 108 cm³/mol. The number of ether oxygens (including phenoxy) is 2. The van der Waals surface area contributed by atoms with Gasteiger partial charge in [0.05, 0.1) is 0 Å². The molecule has 0 aliphatic carbocycles. The SMILES string of the molecule is Cc1cccc2c1Oc1cc(C(C)(C)C)cc3c1B2c1ccccc1O3. The summed E-state index contributed by atoms with van der Waals surface area (Å²) in [4.78, 5) is 0. The number of rotatable bonds is 0. The quantitative estimate of drug-likeness (QED) is 0.397. The van der Waals surface area contributed by atoms with Crippen LogP contribution in [-0.2, 0) is 5.41 Å². The largest absolute Gasteiger partial charge is 0.458 e. The molecule has 2 nitrogen and oxygen atoms in total. The second kappa shape index (κ2) is 5.17. The molecule has 2 aliphatic rings. The first-order valence-corrected chi connectivity index (χ1v) is 9.16. The van der Waals surface area contributed by atoms with Crippen LogP contribution in [0, 0.1) is 6.92 Å². The summed E-state index contributed by atoms with van der Waals surface area (Å²) in [7, 11) is 0. The lowest BCUT2D eigenvalue weighted by atomic mass is 9.34. The topological polar surface area (TPSA) is 18.5 Å². The fourth-order valence-electron chi connectivity index (χ4n) is 4.05. The number of para-hydroxylation sites is 2.